The summed E-state index contributed by atoms with van der Waals surface area (Å²) < 4.78 is 0. The highest BCUT2D eigenvalue weighted by Gasteiger charge is 1.77. The molecule has 0 unspecified atom stereocenters. The van der Waals surface area contributed by atoms with E-state index in [4.69, 9.17) is 11.5 Å². The molecule has 0 fully saturated rings. The highest BCUT2D eigenvalue weighted by Crippen LogP contribution is 1.92. The first-order chi connectivity index (χ1) is 12.8. The van der Waals surface area contributed by atoms with Crippen molar-refractivity contribution in [1.82, 2.24) is 0 Å². The number of hydrogen-bond donors (Lipinski definition) is 2. The van der Waals surface area contributed by atoms with Gasteiger partial charge in [0.25, 0.3) is 0 Å². The second-order valence-electron chi connectivity index (χ2n) is 4.04. The van der Waals surface area contributed by atoms with Crippen LogP contribution in [-0.2, 0) is 9.59 Å². The van der Waals surface area contributed by atoms with Crippen LogP contribution in [0.4, 0.5) is 0 Å². The van der Waals surface area contributed by atoms with Crippen molar-refractivity contribution in [2.24, 2.45) is 11.5 Å². The minimum atomic E-state index is 0.0324. The van der Waals surface area contributed by atoms with E-state index in [2.05, 4.69) is 32.2 Å². The molecule has 0 saturated heterocycles. The molecule has 0 aliphatic heterocycles. The van der Waals surface area contributed by atoms with Gasteiger partial charge < -0.3 is 11.5 Å². The molecule has 1 aromatic rings. The van der Waals surface area contributed by atoms with Gasteiger partial charge in [0.2, 0.25) is 0 Å². The molecule has 27 heavy (non-hydrogen) atoms. The number of carbonyl (C=O) groups is 2. The highest BCUT2D eigenvalue weighted by atomic mass is 32.2. The number of thioether (sulfide) groups is 1. The van der Waals surface area contributed by atoms with Gasteiger partial charge in [-0.3, -0.25) is 9.59 Å². The Bertz CT molecular complexity index is 329. The van der Waals surface area contributed by atoms with Gasteiger partial charge in [-0.2, -0.15) is 11.8 Å². The van der Waals surface area contributed by atoms with Crippen molar-refractivity contribution in [1.29, 1.82) is 0 Å². The number of carbonyl (C=O) groups excluding carboxylic acids is 2. The van der Waals surface area contributed by atoms with E-state index in [1.165, 1.54) is 25.2 Å². The molecular weight excluding hydrogens is 356 g/mol. The lowest BCUT2D eigenvalue weighted by Crippen LogP contribution is -2.07. The average Bonchev–Trinajstić information content (AvgIpc) is 2.74. The van der Waals surface area contributed by atoms with Crippen LogP contribution in [0.25, 0.3) is 0 Å². The van der Waals surface area contributed by atoms with E-state index in [9.17, 15) is 9.59 Å². The Morgan fingerprint density at radius 2 is 1.04 bits per heavy atom. The van der Waals surface area contributed by atoms with Crippen molar-refractivity contribution in [2.75, 3.05) is 25.1 Å². The minimum absolute atomic E-state index is 0.0324. The number of ketones is 2. The van der Waals surface area contributed by atoms with Gasteiger partial charge in [0.1, 0.15) is 11.6 Å². The zero-order valence-electron chi connectivity index (χ0n) is 19.9. The molecule has 0 aliphatic rings. The molecule has 0 amide bonds. The van der Waals surface area contributed by atoms with E-state index in [0.29, 0.717) is 0 Å². The smallest absolute Gasteiger partial charge is 0.143 e. The SMILES string of the molecule is CC.CC.CC.CC(=O)CN.CC(=O)CN.CCSC.Cc1ccccc1. The lowest BCUT2D eigenvalue weighted by molar-refractivity contribution is -0.116. The summed E-state index contributed by atoms with van der Waals surface area (Å²) in [4.78, 5) is 19.4. The fourth-order valence-corrected chi connectivity index (χ4v) is 0.534. The van der Waals surface area contributed by atoms with Crippen LogP contribution in [0.15, 0.2) is 30.3 Å². The van der Waals surface area contributed by atoms with Crippen LogP contribution in [0.1, 0.15) is 67.9 Å². The van der Waals surface area contributed by atoms with Crippen molar-refractivity contribution < 1.29 is 9.59 Å². The molecule has 0 bridgehead atoms. The Kier molecular flexibility index (Phi) is 74.7. The lowest BCUT2D eigenvalue weighted by atomic mass is 10.2. The topological polar surface area (TPSA) is 86.2 Å². The lowest BCUT2D eigenvalue weighted by Gasteiger charge is -1.82. The first-order valence-corrected chi connectivity index (χ1v) is 11.1. The first kappa shape index (κ1) is 40.5. The summed E-state index contributed by atoms with van der Waals surface area (Å²) in [6.45, 7) is 19.5. The predicted molar refractivity (Wildman–Crippen MR) is 129 cm³/mol. The number of aryl methyl sites for hydroxylation is 1. The van der Waals surface area contributed by atoms with Crippen LogP contribution in [-0.4, -0.2) is 36.7 Å². The number of benzene rings is 1. The monoisotopic (exact) mass is 404 g/mol. The van der Waals surface area contributed by atoms with Crippen molar-refractivity contribution >= 4 is 23.3 Å². The molecule has 1 rings (SSSR count). The summed E-state index contributed by atoms with van der Waals surface area (Å²) >= 11 is 1.86. The van der Waals surface area contributed by atoms with Gasteiger partial charge in [-0.25, -0.2) is 0 Å². The van der Waals surface area contributed by atoms with Crippen LogP contribution in [0, 0.1) is 6.92 Å². The maximum atomic E-state index is 9.69. The summed E-state index contributed by atoms with van der Waals surface area (Å²) in [6, 6.07) is 10.3. The molecule has 0 aliphatic carbocycles. The van der Waals surface area contributed by atoms with Crippen LogP contribution < -0.4 is 11.5 Å². The zero-order chi connectivity index (χ0) is 23.1. The van der Waals surface area contributed by atoms with Gasteiger partial charge >= 0.3 is 0 Å². The van der Waals surface area contributed by atoms with Crippen LogP contribution in [0.2, 0.25) is 0 Å². The Morgan fingerprint density at radius 1 is 0.815 bits per heavy atom. The Labute approximate surface area is 174 Å². The normalized spacial score (nSPS) is 6.85. The van der Waals surface area contributed by atoms with Gasteiger partial charge in [0.05, 0.1) is 13.1 Å². The number of hydrogen-bond acceptors (Lipinski definition) is 5. The van der Waals surface area contributed by atoms with Crippen LogP contribution in [0.3, 0.4) is 0 Å². The van der Waals surface area contributed by atoms with Crippen molar-refractivity contribution in [2.45, 2.75) is 69.2 Å². The molecule has 0 spiro atoms. The number of rotatable bonds is 3. The van der Waals surface area contributed by atoms with Gasteiger partial charge in [0.15, 0.2) is 0 Å². The molecule has 4 N–H and O–H groups in total. The van der Waals surface area contributed by atoms with E-state index in [1.54, 1.807) is 0 Å². The second-order valence-corrected chi connectivity index (χ2v) is 5.20. The maximum Gasteiger partial charge on any atom is 0.143 e. The Balaban J connectivity index is -0.0000000506. The molecule has 0 radical (unpaired) electrons. The van der Waals surface area contributed by atoms with Gasteiger partial charge in [-0.1, -0.05) is 84.4 Å². The van der Waals surface area contributed by atoms with Crippen molar-refractivity contribution in [3.63, 3.8) is 0 Å². The number of nitrogens with two attached hydrogens (primary N) is 2. The highest BCUT2D eigenvalue weighted by molar-refractivity contribution is 7.98. The van der Waals surface area contributed by atoms with E-state index in [-0.39, 0.29) is 24.7 Å². The largest absolute Gasteiger partial charge is 0.324 e. The van der Waals surface area contributed by atoms with E-state index in [0.717, 1.165) is 0 Å². The summed E-state index contributed by atoms with van der Waals surface area (Å²) in [6.07, 6.45) is 2.10. The molecule has 5 heteroatoms. The Morgan fingerprint density at radius 3 is 1.11 bits per heavy atom. The molecule has 0 atom stereocenters. The molecule has 164 valence electrons. The van der Waals surface area contributed by atoms with Gasteiger partial charge in [-0.15, -0.1) is 0 Å². The standard InChI is InChI=1S/C7H8.2C3H7NO.C3H8S.3C2H6/c1-7-5-3-2-4-6-7;2*1-3(5)2-4;1-3-4-2;3*1-2/h2-6H,1H3;2*2,4H2,1H3;3H2,1-2H3;3*1-2H3. The average molecular weight is 405 g/mol. The molecule has 0 saturated carbocycles. The van der Waals surface area contributed by atoms with E-state index < -0.39 is 0 Å². The molecule has 0 heterocycles. The zero-order valence-corrected chi connectivity index (χ0v) is 20.7. The van der Waals surface area contributed by atoms with E-state index in [1.807, 2.05) is 71.5 Å². The number of Topliss-reactive ketones (excluding diaryl/α,β-unsaturated/α-hetero) is 2. The summed E-state index contributed by atoms with van der Waals surface area (Å²) in [5.74, 6) is 1.30. The third-order valence-electron chi connectivity index (χ3n) is 1.80. The molecule has 1 aromatic carbocycles. The van der Waals surface area contributed by atoms with E-state index >= 15 is 0 Å². The summed E-state index contributed by atoms with van der Waals surface area (Å²) in [7, 11) is 0. The van der Waals surface area contributed by atoms with Gasteiger partial charge in [0, 0.05) is 0 Å². The summed E-state index contributed by atoms with van der Waals surface area (Å²) in [5.41, 5.74) is 11.0. The summed E-state index contributed by atoms with van der Waals surface area (Å²) in [5, 5.41) is 0. The van der Waals surface area contributed by atoms with Crippen molar-refractivity contribution in [3.05, 3.63) is 35.9 Å². The molecule has 4 nitrogen and oxygen atoms in total. The first-order valence-electron chi connectivity index (χ1n) is 9.75. The van der Waals surface area contributed by atoms with Gasteiger partial charge in [-0.05, 0) is 32.8 Å². The molecular formula is C22H48N2O2S. The fraction of sp³-hybridized carbons (Fsp3) is 0.636. The predicted octanol–water partition coefficient (Wildman–Crippen LogP) is 5.51. The van der Waals surface area contributed by atoms with Crippen molar-refractivity contribution in [3.8, 4) is 0 Å². The third kappa shape index (κ3) is 92.5. The second kappa shape index (κ2) is 49.8. The quantitative estimate of drug-likeness (QED) is 0.693. The minimum Gasteiger partial charge on any atom is -0.324 e. The third-order valence-corrected chi connectivity index (χ3v) is 2.38. The molecule has 0 aromatic heterocycles. The van der Waals surface area contributed by atoms with Crippen LogP contribution >= 0.6 is 11.8 Å². The maximum absolute atomic E-state index is 9.69. The Hall–Kier alpha value is -1.17. The fourth-order valence-electron chi connectivity index (χ4n) is 0.534. The van der Waals surface area contributed by atoms with Crippen LogP contribution in [0.5, 0.6) is 0 Å².